The Morgan fingerprint density at radius 3 is 2.80 bits per heavy atom. The number of anilines is 1. The summed E-state index contributed by atoms with van der Waals surface area (Å²) in [5, 5.41) is 10.6. The van der Waals surface area contributed by atoms with Crippen molar-refractivity contribution in [2.45, 2.75) is 6.92 Å². The number of nitrogens with two attached hydrogens (primary N) is 1. The molecular weight excluding hydrogens is 256 g/mol. The molecule has 0 fully saturated rings. The number of amides is 1. The van der Waals surface area contributed by atoms with Gasteiger partial charge in [0.15, 0.2) is 5.69 Å². The number of carbonyl (C=O) groups is 1. The summed E-state index contributed by atoms with van der Waals surface area (Å²) >= 11 is 0. The first-order chi connectivity index (χ1) is 9.65. The summed E-state index contributed by atoms with van der Waals surface area (Å²) < 4.78 is 5.59. The number of benzene rings is 1. The van der Waals surface area contributed by atoms with Gasteiger partial charge in [0.2, 0.25) is 0 Å². The van der Waals surface area contributed by atoms with E-state index in [1.807, 2.05) is 31.2 Å². The molecule has 6 heteroatoms. The monoisotopic (exact) mass is 272 g/mol. The number of aromatic nitrogens is 2. The first kappa shape index (κ1) is 13.8. The normalized spacial score (nSPS) is 10.1. The van der Waals surface area contributed by atoms with Crippen molar-refractivity contribution in [3.63, 3.8) is 0 Å². The molecule has 0 aliphatic rings. The number of primary amides is 1. The van der Waals surface area contributed by atoms with Gasteiger partial charge in [-0.3, -0.25) is 4.79 Å². The molecule has 1 amide bonds. The van der Waals surface area contributed by atoms with E-state index in [-0.39, 0.29) is 5.69 Å². The lowest BCUT2D eigenvalue weighted by molar-refractivity contribution is 0.0994. The molecule has 0 unspecified atom stereocenters. The van der Waals surface area contributed by atoms with Crippen molar-refractivity contribution < 1.29 is 9.53 Å². The van der Waals surface area contributed by atoms with Crippen molar-refractivity contribution in [2.24, 2.45) is 5.73 Å². The predicted molar refractivity (Wildman–Crippen MR) is 75.7 cm³/mol. The standard InChI is InChI=1S/C14H16N4O2/c1-10-3-2-4-11(9-10)20-8-7-16-13-6-5-12(14(15)19)17-18-13/h2-6,9H,7-8H2,1H3,(H2,15,19)(H,16,18). The van der Waals surface area contributed by atoms with E-state index in [2.05, 4.69) is 15.5 Å². The largest absolute Gasteiger partial charge is 0.492 e. The summed E-state index contributed by atoms with van der Waals surface area (Å²) in [6.07, 6.45) is 0. The predicted octanol–water partition coefficient (Wildman–Crippen LogP) is 1.37. The highest BCUT2D eigenvalue weighted by atomic mass is 16.5. The summed E-state index contributed by atoms with van der Waals surface area (Å²) in [5.41, 5.74) is 6.38. The van der Waals surface area contributed by atoms with E-state index in [0.29, 0.717) is 19.0 Å². The van der Waals surface area contributed by atoms with Crippen LogP contribution < -0.4 is 15.8 Å². The summed E-state index contributed by atoms with van der Waals surface area (Å²) in [7, 11) is 0. The van der Waals surface area contributed by atoms with E-state index in [1.165, 1.54) is 6.07 Å². The molecule has 0 atom stereocenters. The van der Waals surface area contributed by atoms with Crippen molar-refractivity contribution in [1.29, 1.82) is 0 Å². The highest BCUT2D eigenvalue weighted by Crippen LogP contribution is 2.12. The molecule has 0 saturated heterocycles. The Hall–Kier alpha value is -2.63. The van der Waals surface area contributed by atoms with Crippen LogP contribution in [-0.2, 0) is 0 Å². The molecule has 20 heavy (non-hydrogen) atoms. The highest BCUT2D eigenvalue weighted by Gasteiger charge is 2.02. The van der Waals surface area contributed by atoms with Crippen LogP contribution in [-0.4, -0.2) is 29.3 Å². The van der Waals surface area contributed by atoms with Crippen molar-refractivity contribution >= 4 is 11.7 Å². The fourth-order valence-corrected chi connectivity index (χ4v) is 1.61. The third-order valence-electron chi connectivity index (χ3n) is 2.58. The van der Waals surface area contributed by atoms with Crippen LogP contribution >= 0.6 is 0 Å². The van der Waals surface area contributed by atoms with Gasteiger partial charge in [-0.05, 0) is 36.8 Å². The lowest BCUT2D eigenvalue weighted by atomic mass is 10.2. The quantitative estimate of drug-likeness (QED) is 0.775. The van der Waals surface area contributed by atoms with E-state index >= 15 is 0 Å². The molecule has 0 radical (unpaired) electrons. The fraction of sp³-hybridized carbons (Fsp3) is 0.214. The van der Waals surface area contributed by atoms with Gasteiger partial charge in [0.05, 0.1) is 6.54 Å². The fourth-order valence-electron chi connectivity index (χ4n) is 1.61. The van der Waals surface area contributed by atoms with Gasteiger partial charge >= 0.3 is 0 Å². The number of hydrogen-bond donors (Lipinski definition) is 2. The number of aryl methyl sites for hydroxylation is 1. The van der Waals surface area contributed by atoms with Gasteiger partial charge in [0, 0.05) is 0 Å². The van der Waals surface area contributed by atoms with Crippen LogP contribution in [0.25, 0.3) is 0 Å². The SMILES string of the molecule is Cc1cccc(OCCNc2ccc(C(N)=O)nn2)c1. The van der Waals surface area contributed by atoms with Crippen molar-refractivity contribution in [3.05, 3.63) is 47.7 Å². The molecule has 3 N–H and O–H groups in total. The van der Waals surface area contributed by atoms with Gasteiger partial charge in [-0.25, -0.2) is 0 Å². The van der Waals surface area contributed by atoms with Gasteiger partial charge in [0.25, 0.3) is 5.91 Å². The summed E-state index contributed by atoms with van der Waals surface area (Å²) in [5.74, 6) is 0.816. The van der Waals surface area contributed by atoms with Crippen LogP contribution in [0.3, 0.4) is 0 Å². The van der Waals surface area contributed by atoms with E-state index in [1.54, 1.807) is 6.07 Å². The zero-order valence-electron chi connectivity index (χ0n) is 11.2. The molecule has 6 nitrogen and oxygen atoms in total. The molecule has 0 saturated carbocycles. The van der Waals surface area contributed by atoms with Crippen molar-refractivity contribution in [1.82, 2.24) is 10.2 Å². The molecule has 0 bridgehead atoms. The molecule has 2 rings (SSSR count). The molecule has 0 spiro atoms. The lowest BCUT2D eigenvalue weighted by Crippen LogP contribution is -2.16. The second-order valence-corrected chi connectivity index (χ2v) is 4.26. The summed E-state index contributed by atoms with van der Waals surface area (Å²) in [4.78, 5) is 10.8. The Balaban J connectivity index is 1.77. The summed E-state index contributed by atoms with van der Waals surface area (Å²) in [6, 6.07) is 11.0. The van der Waals surface area contributed by atoms with E-state index < -0.39 is 5.91 Å². The maximum Gasteiger partial charge on any atom is 0.269 e. The van der Waals surface area contributed by atoms with Crippen LogP contribution in [0.1, 0.15) is 16.1 Å². The highest BCUT2D eigenvalue weighted by molar-refractivity contribution is 5.90. The second-order valence-electron chi connectivity index (χ2n) is 4.26. The minimum absolute atomic E-state index is 0.145. The number of rotatable bonds is 6. The van der Waals surface area contributed by atoms with Crippen LogP contribution in [0.5, 0.6) is 5.75 Å². The topological polar surface area (TPSA) is 90.1 Å². The smallest absolute Gasteiger partial charge is 0.269 e. The maximum absolute atomic E-state index is 10.8. The van der Waals surface area contributed by atoms with E-state index in [4.69, 9.17) is 10.5 Å². The zero-order chi connectivity index (χ0) is 14.4. The number of carbonyl (C=O) groups excluding carboxylic acids is 1. The Morgan fingerprint density at radius 1 is 1.30 bits per heavy atom. The van der Waals surface area contributed by atoms with Crippen LogP contribution in [0.2, 0.25) is 0 Å². The third kappa shape index (κ3) is 3.94. The first-order valence-electron chi connectivity index (χ1n) is 6.22. The number of nitrogens with one attached hydrogen (secondary N) is 1. The molecule has 2 aromatic rings. The minimum Gasteiger partial charge on any atom is -0.492 e. The molecule has 1 aromatic carbocycles. The minimum atomic E-state index is -0.591. The number of hydrogen-bond acceptors (Lipinski definition) is 5. The molecule has 0 aliphatic carbocycles. The Morgan fingerprint density at radius 2 is 2.15 bits per heavy atom. The van der Waals surface area contributed by atoms with Crippen molar-refractivity contribution in [2.75, 3.05) is 18.5 Å². The van der Waals surface area contributed by atoms with E-state index in [0.717, 1.165) is 11.3 Å². The van der Waals surface area contributed by atoms with Crippen LogP contribution in [0, 0.1) is 6.92 Å². The number of nitrogens with zero attached hydrogens (tertiary/aromatic N) is 2. The maximum atomic E-state index is 10.8. The first-order valence-corrected chi connectivity index (χ1v) is 6.22. The Bertz CT molecular complexity index is 584. The van der Waals surface area contributed by atoms with Crippen LogP contribution in [0.15, 0.2) is 36.4 Å². The third-order valence-corrected chi connectivity index (χ3v) is 2.58. The summed E-state index contributed by atoms with van der Waals surface area (Å²) in [6.45, 7) is 3.10. The molecule has 104 valence electrons. The average molecular weight is 272 g/mol. The average Bonchev–Trinajstić information content (AvgIpc) is 2.44. The molecule has 1 heterocycles. The van der Waals surface area contributed by atoms with Gasteiger partial charge in [-0.1, -0.05) is 12.1 Å². The van der Waals surface area contributed by atoms with Crippen LogP contribution in [0.4, 0.5) is 5.82 Å². The zero-order valence-corrected chi connectivity index (χ0v) is 11.2. The molecule has 0 aliphatic heterocycles. The molecular formula is C14H16N4O2. The van der Waals surface area contributed by atoms with Gasteiger partial charge < -0.3 is 15.8 Å². The van der Waals surface area contributed by atoms with Gasteiger partial charge in [0.1, 0.15) is 18.2 Å². The molecule has 1 aromatic heterocycles. The Labute approximate surface area is 117 Å². The lowest BCUT2D eigenvalue weighted by Gasteiger charge is -2.08. The number of ether oxygens (including phenoxy) is 1. The van der Waals surface area contributed by atoms with Crippen molar-refractivity contribution in [3.8, 4) is 5.75 Å². The second kappa shape index (κ2) is 6.51. The Kier molecular flexibility index (Phi) is 4.49. The van der Waals surface area contributed by atoms with Gasteiger partial charge in [-0.15, -0.1) is 10.2 Å². The van der Waals surface area contributed by atoms with Gasteiger partial charge in [-0.2, -0.15) is 0 Å². The van der Waals surface area contributed by atoms with E-state index in [9.17, 15) is 4.79 Å².